The third-order valence-electron chi connectivity index (χ3n) is 6.15. The number of hydrogen-bond acceptors (Lipinski definition) is 4. The second kappa shape index (κ2) is 7.87. The molecule has 4 rings (SSSR count). The molecule has 1 aromatic rings. The molecule has 0 spiro atoms. The maximum Gasteiger partial charge on any atom is 0.244 e. The van der Waals surface area contributed by atoms with Crippen molar-refractivity contribution < 1.29 is 4.79 Å². The normalized spacial score (nSPS) is 26.2. The van der Waals surface area contributed by atoms with E-state index in [0.29, 0.717) is 18.5 Å². The molecule has 3 fully saturated rings. The topological polar surface area (TPSA) is 53.4 Å². The van der Waals surface area contributed by atoms with E-state index in [1.54, 1.807) is 0 Å². The average molecular weight is 345 g/mol. The molecule has 25 heavy (non-hydrogen) atoms. The van der Waals surface area contributed by atoms with Crippen LogP contribution in [0.2, 0.25) is 0 Å². The van der Waals surface area contributed by atoms with Crippen molar-refractivity contribution in [2.45, 2.75) is 57.0 Å². The van der Waals surface area contributed by atoms with Crippen LogP contribution >= 0.6 is 0 Å². The molecule has 3 aliphatic rings. The Kier molecular flexibility index (Phi) is 5.36. The highest BCUT2D eigenvalue weighted by Gasteiger charge is 2.28. The van der Waals surface area contributed by atoms with Gasteiger partial charge in [-0.2, -0.15) is 5.10 Å². The Labute approximate surface area is 150 Å². The van der Waals surface area contributed by atoms with E-state index in [-0.39, 0.29) is 5.91 Å². The molecular weight excluding hydrogens is 314 g/mol. The quantitative estimate of drug-likeness (QED) is 0.897. The fraction of sp³-hybridized carbons (Fsp3) is 0.789. The molecule has 0 saturated carbocycles. The Balaban J connectivity index is 1.27. The van der Waals surface area contributed by atoms with Crippen LogP contribution in [0.5, 0.6) is 0 Å². The maximum absolute atomic E-state index is 12.6. The van der Waals surface area contributed by atoms with Gasteiger partial charge in [-0.05, 0) is 64.2 Å². The van der Waals surface area contributed by atoms with Gasteiger partial charge in [0.15, 0.2) is 0 Å². The average Bonchev–Trinajstić information content (AvgIpc) is 3.35. The largest absolute Gasteiger partial charge is 0.341 e. The fourth-order valence-electron chi connectivity index (χ4n) is 4.61. The molecule has 3 aliphatic heterocycles. The number of carbonyl (C=O) groups is 1. The molecule has 0 aromatic carbocycles. The summed E-state index contributed by atoms with van der Waals surface area (Å²) in [5.74, 6) is 0.720. The molecular formula is C19H31N5O. The van der Waals surface area contributed by atoms with Gasteiger partial charge in [0.05, 0.1) is 5.69 Å². The van der Waals surface area contributed by atoms with Crippen LogP contribution in [0.1, 0.15) is 50.1 Å². The van der Waals surface area contributed by atoms with Crippen LogP contribution in [-0.2, 0) is 11.3 Å². The lowest BCUT2D eigenvalue weighted by molar-refractivity contribution is -0.133. The molecule has 1 amide bonds. The third-order valence-corrected chi connectivity index (χ3v) is 6.15. The molecule has 0 aliphatic carbocycles. The van der Waals surface area contributed by atoms with Gasteiger partial charge in [-0.25, -0.2) is 0 Å². The van der Waals surface area contributed by atoms with E-state index in [2.05, 4.69) is 21.4 Å². The molecule has 0 bridgehead atoms. The lowest BCUT2D eigenvalue weighted by Gasteiger charge is -2.36. The van der Waals surface area contributed by atoms with Crippen LogP contribution in [0, 0.1) is 0 Å². The summed E-state index contributed by atoms with van der Waals surface area (Å²) >= 11 is 0. The van der Waals surface area contributed by atoms with Crippen LogP contribution in [0.15, 0.2) is 12.3 Å². The van der Waals surface area contributed by atoms with Crippen LogP contribution in [0.3, 0.4) is 0 Å². The van der Waals surface area contributed by atoms with E-state index in [9.17, 15) is 4.79 Å². The number of nitrogens with one attached hydrogen (secondary N) is 1. The number of aromatic nitrogens is 2. The minimum atomic E-state index is 0.219. The van der Waals surface area contributed by atoms with Crippen molar-refractivity contribution in [2.75, 3.05) is 39.3 Å². The van der Waals surface area contributed by atoms with Gasteiger partial charge in [-0.15, -0.1) is 0 Å². The third kappa shape index (κ3) is 4.06. The second-order valence-electron chi connectivity index (χ2n) is 7.84. The number of nitrogens with zero attached hydrogens (tertiary/aromatic N) is 4. The Hall–Kier alpha value is -1.40. The first-order valence-electron chi connectivity index (χ1n) is 10.1. The van der Waals surface area contributed by atoms with Crippen LogP contribution in [0.4, 0.5) is 0 Å². The van der Waals surface area contributed by atoms with E-state index in [1.807, 2.05) is 15.8 Å². The van der Waals surface area contributed by atoms with Crippen molar-refractivity contribution >= 4 is 5.91 Å². The SMILES string of the molecule is O=C(Cn1ccc([C@@H]2CCCNC2)n1)N1CCC(N2CCCC2)CC1. The Morgan fingerprint density at radius 1 is 1.12 bits per heavy atom. The molecule has 0 unspecified atom stereocenters. The van der Waals surface area contributed by atoms with Gasteiger partial charge in [0, 0.05) is 37.8 Å². The zero-order valence-corrected chi connectivity index (χ0v) is 15.2. The second-order valence-corrected chi connectivity index (χ2v) is 7.84. The Bertz CT molecular complexity index is 566. The summed E-state index contributed by atoms with van der Waals surface area (Å²) in [6, 6.07) is 2.78. The van der Waals surface area contributed by atoms with E-state index in [0.717, 1.165) is 44.7 Å². The highest BCUT2D eigenvalue weighted by molar-refractivity contribution is 5.76. The van der Waals surface area contributed by atoms with E-state index >= 15 is 0 Å². The van der Waals surface area contributed by atoms with Crippen LogP contribution in [-0.4, -0.2) is 70.8 Å². The summed E-state index contributed by atoms with van der Waals surface area (Å²) in [6.45, 7) is 6.82. The number of amides is 1. The van der Waals surface area contributed by atoms with Crippen LogP contribution in [0.25, 0.3) is 0 Å². The van der Waals surface area contributed by atoms with Crippen molar-refractivity contribution in [1.29, 1.82) is 0 Å². The van der Waals surface area contributed by atoms with Gasteiger partial charge in [0.2, 0.25) is 5.91 Å². The standard InChI is InChI=1S/C19H31N5O/c25-19(23-11-5-17(6-12-23)22-9-1-2-10-22)15-24-13-7-18(21-24)16-4-3-8-20-14-16/h7,13,16-17,20H,1-6,8-12,14-15H2/t16-/m1/s1. The van der Waals surface area contributed by atoms with Gasteiger partial charge in [-0.1, -0.05) is 0 Å². The first kappa shape index (κ1) is 17.0. The summed E-state index contributed by atoms with van der Waals surface area (Å²) < 4.78 is 1.83. The maximum atomic E-state index is 12.6. The van der Waals surface area contributed by atoms with Gasteiger partial charge in [-0.3, -0.25) is 9.48 Å². The molecule has 6 nitrogen and oxygen atoms in total. The number of rotatable bonds is 4. The molecule has 3 saturated heterocycles. The summed E-state index contributed by atoms with van der Waals surface area (Å²) in [7, 11) is 0. The zero-order valence-electron chi connectivity index (χ0n) is 15.2. The van der Waals surface area contributed by atoms with Crippen molar-refractivity contribution in [1.82, 2.24) is 24.9 Å². The monoisotopic (exact) mass is 345 g/mol. The fourth-order valence-corrected chi connectivity index (χ4v) is 4.61. The molecule has 0 radical (unpaired) electrons. The highest BCUT2D eigenvalue weighted by atomic mass is 16.2. The van der Waals surface area contributed by atoms with E-state index in [4.69, 9.17) is 0 Å². The Morgan fingerprint density at radius 2 is 1.92 bits per heavy atom. The first-order valence-corrected chi connectivity index (χ1v) is 10.1. The molecule has 4 heterocycles. The summed E-state index contributed by atoms with van der Waals surface area (Å²) in [5.41, 5.74) is 1.13. The zero-order chi connectivity index (χ0) is 17.1. The molecule has 6 heteroatoms. The van der Waals surface area contributed by atoms with Gasteiger partial charge in [0.1, 0.15) is 6.54 Å². The minimum absolute atomic E-state index is 0.219. The Morgan fingerprint density at radius 3 is 2.64 bits per heavy atom. The van der Waals surface area contributed by atoms with E-state index in [1.165, 1.54) is 38.8 Å². The summed E-state index contributed by atoms with van der Waals surface area (Å²) in [5, 5.41) is 8.10. The van der Waals surface area contributed by atoms with Gasteiger partial charge < -0.3 is 15.1 Å². The number of likely N-dealkylation sites (tertiary alicyclic amines) is 2. The van der Waals surface area contributed by atoms with Gasteiger partial charge >= 0.3 is 0 Å². The van der Waals surface area contributed by atoms with Gasteiger partial charge in [0.25, 0.3) is 0 Å². The van der Waals surface area contributed by atoms with Crippen molar-refractivity contribution in [2.24, 2.45) is 0 Å². The predicted octanol–water partition coefficient (Wildman–Crippen LogP) is 1.44. The number of hydrogen-bond donors (Lipinski definition) is 1. The summed E-state index contributed by atoms with van der Waals surface area (Å²) in [4.78, 5) is 17.3. The highest BCUT2D eigenvalue weighted by Crippen LogP contribution is 2.22. The van der Waals surface area contributed by atoms with Crippen molar-refractivity contribution in [3.63, 3.8) is 0 Å². The first-order chi connectivity index (χ1) is 12.3. The number of carbonyl (C=O) groups excluding carboxylic acids is 1. The van der Waals surface area contributed by atoms with E-state index < -0.39 is 0 Å². The molecule has 1 N–H and O–H groups in total. The molecule has 1 aromatic heterocycles. The smallest absolute Gasteiger partial charge is 0.244 e. The molecule has 138 valence electrons. The number of piperidine rings is 2. The lowest BCUT2D eigenvalue weighted by atomic mass is 9.97. The van der Waals surface area contributed by atoms with Crippen molar-refractivity contribution in [3.05, 3.63) is 18.0 Å². The van der Waals surface area contributed by atoms with Crippen LogP contribution < -0.4 is 5.32 Å². The molecule has 1 atom stereocenters. The summed E-state index contributed by atoms with van der Waals surface area (Å²) in [6.07, 6.45) is 9.32. The predicted molar refractivity (Wildman–Crippen MR) is 97.5 cm³/mol. The lowest BCUT2D eigenvalue weighted by Crippen LogP contribution is -2.46. The van der Waals surface area contributed by atoms with Crippen molar-refractivity contribution in [3.8, 4) is 0 Å². The minimum Gasteiger partial charge on any atom is -0.341 e.